The summed E-state index contributed by atoms with van der Waals surface area (Å²) in [5, 5.41) is 26.5. The first-order chi connectivity index (χ1) is 18.0. The predicted molar refractivity (Wildman–Crippen MR) is 138 cm³/mol. The molecule has 0 aromatic carbocycles. The Morgan fingerprint density at radius 3 is 2.24 bits per heavy atom. The van der Waals surface area contributed by atoms with Crippen molar-refractivity contribution in [1.82, 2.24) is 25.9 Å². The van der Waals surface area contributed by atoms with Crippen molar-refractivity contribution in [2.75, 3.05) is 13.1 Å². The van der Waals surface area contributed by atoms with Crippen LogP contribution in [0.2, 0.25) is 0 Å². The standard InChI is InChI=1S/C22H40N10O6/c1-12(33)17(21(37)38)32-20(36)16(9-13-10-27-11-29-13)31-19(35)15(6-2-3-7-23)30-18(34)14(24)5-4-8-28-22(25)26/h10-12,14-17,33H,2-9,23-24H2,1H3,(H,27,29)(H,30,34)(H,31,35)(H,32,36)(H,37,38)(H4,25,26,28). The van der Waals surface area contributed by atoms with Crippen molar-refractivity contribution >= 4 is 29.7 Å². The van der Waals surface area contributed by atoms with E-state index in [-0.39, 0.29) is 31.8 Å². The van der Waals surface area contributed by atoms with Crippen LogP contribution >= 0.6 is 0 Å². The lowest BCUT2D eigenvalue weighted by Crippen LogP contribution is -2.58. The highest BCUT2D eigenvalue weighted by Gasteiger charge is 2.32. The Morgan fingerprint density at radius 2 is 1.68 bits per heavy atom. The molecule has 0 bridgehead atoms. The first kappa shape index (κ1) is 32.3. The second-order valence-electron chi connectivity index (χ2n) is 8.81. The maximum atomic E-state index is 13.2. The fourth-order valence-corrected chi connectivity index (χ4v) is 3.43. The Labute approximate surface area is 220 Å². The predicted octanol–water partition coefficient (Wildman–Crippen LogP) is -3.62. The zero-order chi connectivity index (χ0) is 28.7. The lowest BCUT2D eigenvalue weighted by atomic mass is 10.0. The number of aromatic nitrogens is 2. The van der Waals surface area contributed by atoms with E-state index in [9.17, 15) is 29.4 Å². The van der Waals surface area contributed by atoms with Gasteiger partial charge in [0.1, 0.15) is 12.1 Å². The van der Waals surface area contributed by atoms with Crippen LogP contribution in [0.1, 0.15) is 44.7 Å². The molecule has 0 fully saturated rings. The maximum Gasteiger partial charge on any atom is 0.328 e. The number of nitrogens with one attached hydrogen (secondary N) is 4. The number of nitrogens with zero attached hydrogens (tertiary/aromatic N) is 2. The van der Waals surface area contributed by atoms with Gasteiger partial charge in [0.15, 0.2) is 12.0 Å². The number of aliphatic hydroxyl groups is 1. The van der Waals surface area contributed by atoms with Crippen molar-refractivity contribution in [3.63, 3.8) is 0 Å². The van der Waals surface area contributed by atoms with Crippen LogP contribution in [0.25, 0.3) is 0 Å². The van der Waals surface area contributed by atoms with E-state index >= 15 is 0 Å². The highest BCUT2D eigenvalue weighted by atomic mass is 16.4. The average molecular weight is 541 g/mol. The summed E-state index contributed by atoms with van der Waals surface area (Å²) >= 11 is 0. The molecule has 3 amide bonds. The number of imidazole rings is 1. The number of nitrogens with two attached hydrogens (primary N) is 4. The zero-order valence-corrected chi connectivity index (χ0v) is 21.4. The summed E-state index contributed by atoms with van der Waals surface area (Å²) in [6.07, 6.45) is 3.40. The molecule has 16 nitrogen and oxygen atoms in total. The minimum Gasteiger partial charge on any atom is -0.480 e. The molecule has 1 heterocycles. The van der Waals surface area contributed by atoms with Crippen LogP contribution in [-0.2, 0) is 25.6 Å². The normalized spacial score (nSPS) is 14.8. The number of unbranched alkanes of at least 4 members (excludes halogenated alkanes) is 1. The quantitative estimate of drug-likeness (QED) is 0.0492. The highest BCUT2D eigenvalue weighted by Crippen LogP contribution is 2.06. The number of amides is 3. The molecular weight excluding hydrogens is 500 g/mol. The molecule has 1 aromatic heterocycles. The molecule has 0 saturated heterocycles. The number of aliphatic carboxylic acids is 1. The van der Waals surface area contributed by atoms with Crippen molar-refractivity contribution in [3.8, 4) is 0 Å². The first-order valence-corrected chi connectivity index (χ1v) is 12.3. The highest BCUT2D eigenvalue weighted by molar-refractivity contribution is 5.94. The molecule has 0 radical (unpaired) electrons. The third-order valence-corrected chi connectivity index (χ3v) is 5.54. The van der Waals surface area contributed by atoms with Gasteiger partial charge in [-0.25, -0.2) is 9.78 Å². The third kappa shape index (κ3) is 12.0. The molecule has 5 atom stereocenters. The summed E-state index contributed by atoms with van der Waals surface area (Å²) in [6.45, 7) is 1.89. The molecule has 0 aliphatic rings. The molecule has 0 aliphatic carbocycles. The summed E-state index contributed by atoms with van der Waals surface area (Å²) in [7, 11) is 0. The van der Waals surface area contributed by atoms with Crippen LogP contribution in [0.3, 0.4) is 0 Å². The van der Waals surface area contributed by atoms with E-state index < -0.39 is 54.0 Å². The topological polar surface area (TPSA) is 290 Å². The van der Waals surface area contributed by atoms with E-state index in [1.807, 2.05) is 0 Å². The molecule has 1 rings (SSSR count). The van der Waals surface area contributed by atoms with E-state index in [1.165, 1.54) is 19.4 Å². The third-order valence-electron chi connectivity index (χ3n) is 5.54. The Bertz CT molecular complexity index is 920. The number of carboxylic acids is 1. The first-order valence-electron chi connectivity index (χ1n) is 12.3. The van der Waals surface area contributed by atoms with E-state index in [0.29, 0.717) is 31.5 Å². The molecule has 214 valence electrons. The Hall–Kier alpha value is -3.76. The second kappa shape index (κ2) is 16.9. The monoisotopic (exact) mass is 540 g/mol. The van der Waals surface area contributed by atoms with E-state index in [0.717, 1.165) is 0 Å². The number of hydrogen-bond acceptors (Lipinski definition) is 9. The van der Waals surface area contributed by atoms with Crippen molar-refractivity contribution in [3.05, 3.63) is 18.2 Å². The van der Waals surface area contributed by atoms with Gasteiger partial charge in [0, 0.05) is 24.9 Å². The number of rotatable bonds is 18. The molecule has 38 heavy (non-hydrogen) atoms. The Balaban J connectivity index is 2.99. The van der Waals surface area contributed by atoms with Crippen LogP contribution in [0.15, 0.2) is 17.5 Å². The Morgan fingerprint density at radius 1 is 1.03 bits per heavy atom. The summed E-state index contributed by atoms with van der Waals surface area (Å²) in [5.41, 5.74) is 22.5. The lowest BCUT2D eigenvalue weighted by Gasteiger charge is -2.25. The molecule has 16 heteroatoms. The number of carbonyl (C=O) groups excluding carboxylic acids is 3. The van der Waals surface area contributed by atoms with Gasteiger partial charge in [-0.1, -0.05) is 0 Å². The summed E-state index contributed by atoms with van der Waals surface area (Å²) < 4.78 is 0. The van der Waals surface area contributed by atoms with E-state index in [2.05, 4.69) is 30.9 Å². The van der Waals surface area contributed by atoms with Gasteiger partial charge in [-0.2, -0.15) is 0 Å². The maximum absolute atomic E-state index is 13.2. The minimum absolute atomic E-state index is 0.0580. The van der Waals surface area contributed by atoms with Crippen molar-refractivity contribution in [1.29, 1.82) is 0 Å². The molecule has 14 N–H and O–H groups in total. The fourth-order valence-electron chi connectivity index (χ4n) is 3.43. The number of carbonyl (C=O) groups is 4. The number of hydrogen-bond donors (Lipinski definition) is 10. The average Bonchev–Trinajstić information content (AvgIpc) is 3.36. The van der Waals surface area contributed by atoms with Crippen LogP contribution in [0.5, 0.6) is 0 Å². The van der Waals surface area contributed by atoms with E-state index in [4.69, 9.17) is 22.9 Å². The smallest absolute Gasteiger partial charge is 0.328 e. The van der Waals surface area contributed by atoms with Crippen LogP contribution in [0, 0.1) is 0 Å². The Kier molecular flexibility index (Phi) is 14.3. The van der Waals surface area contributed by atoms with Gasteiger partial charge in [0.05, 0.1) is 18.5 Å². The molecule has 0 saturated carbocycles. The largest absolute Gasteiger partial charge is 0.480 e. The van der Waals surface area contributed by atoms with Crippen LogP contribution < -0.4 is 38.9 Å². The van der Waals surface area contributed by atoms with Crippen molar-refractivity contribution in [2.24, 2.45) is 27.9 Å². The number of aliphatic hydroxyl groups excluding tert-OH is 1. The minimum atomic E-state index is -1.60. The van der Waals surface area contributed by atoms with Gasteiger partial charge < -0.3 is 54.1 Å². The number of carboxylic acid groups (broad SMARTS) is 1. The number of H-pyrrole nitrogens is 1. The van der Waals surface area contributed by atoms with Crippen molar-refractivity contribution < 1.29 is 29.4 Å². The van der Waals surface area contributed by atoms with Crippen molar-refractivity contribution in [2.45, 2.75) is 75.7 Å². The summed E-state index contributed by atoms with van der Waals surface area (Å²) in [5.74, 6) is -3.61. The second-order valence-corrected chi connectivity index (χ2v) is 8.81. The van der Waals surface area contributed by atoms with Gasteiger partial charge in [-0.3, -0.25) is 19.4 Å². The SMILES string of the molecule is CC(O)C(NC(=O)C(Cc1cnc[nH]1)NC(=O)C(CCCCN)NC(=O)C(N)CCCN=C(N)N)C(=O)O. The van der Waals surface area contributed by atoms with E-state index in [1.54, 1.807) is 0 Å². The van der Waals surface area contributed by atoms with Gasteiger partial charge >= 0.3 is 5.97 Å². The molecule has 1 aromatic rings. The molecular formula is C22H40N10O6. The van der Waals surface area contributed by atoms with Crippen LogP contribution in [0.4, 0.5) is 0 Å². The van der Waals surface area contributed by atoms with Crippen LogP contribution in [-0.4, -0.2) is 93.2 Å². The van der Waals surface area contributed by atoms with Gasteiger partial charge in [-0.05, 0) is 45.6 Å². The fraction of sp³-hybridized carbons (Fsp3) is 0.636. The van der Waals surface area contributed by atoms with Gasteiger partial charge in [0.2, 0.25) is 17.7 Å². The van der Waals surface area contributed by atoms with Gasteiger partial charge in [-0.15, -0.1) is 0 Å². The number of aliphatic imine (C=N–C) groups is 1. The lowest BCUT2D eigenvalue weighted by molar-refractivity contribution is -0.145. The molecule has 5 unspecified atom stereocenters. The summed E-state index contributed by atoms with van der Waals surface area (Å²) in [4.78, 5) is 60.8. The molecule has 0 aliphatic heterocycles. The number of guanidine groups is 1. The zero-order valence-electron chi connectivity index (χ0n) is 21.4. The van der Waals surface area contributed by atoms with Gasteiger partial charge in [0.25, 0.3) is 0 Å². The summed E-state index contributed by atoms with van der Waals surface area (Å²) in [6, 6.07) is -4.81. The molecule has 0 spiro atoms. The number of aromatic amines is 1.